The summed E-state index contributed by atoms with van der Waals surface area (Å²) in [4.78, 5) is 22.4. The van der Waals surface area contributed by atoms with Crippen molar-refractivity contribution in [3.05, 3.63) is 58.1 Å². The van der Waals surface area contributed by atoms with Crippen LogP contribution >= 0.6 is 0 Å². The van der Waals surface area contributed by atoms with E-state index in [0.29, 0.717) is 5.75 Å². The van der Waals surface area contributed by atoms with E-state index in [1.54, 1.807) is 6.07 Å². The number of anilines is 1. The van der Waals surface area contributed by atoms with Crippen molar-refractivity contribution in [1.82, 2.24) is 5.32 Å². The maximum absolute atomic E-state index is 12.0. The molecule has 0 fully saturated rings. The van der Waals surface area contributed by atoms with Gasteiger partial charge in [0.1, 0.15) is 11.4 Å². The Hall–Kier alpha value is -3.14. The molecule has 31 heavy (non-hydrogen) atoms. The normalized spacial score (nSPS) is 11.6. The molecular formula is C21H27N3O6S. The molecule has 1 amide bonds. The quantitative estimate of drug-likeness (QED) is 0.342. The molecule has 0 aliphatic carbocycles. The molecule has 0 unspecified atom stereocenters. The van der Waals surface area contributed by atoms with Crippen molar-refractivity contribution in [3.8, 4) is 5.75 Å². The third kappa shape index (κ3) is 7.25. The van der Waals surface area contributed by atoms with Gasteiger partial charge in [0.15, 0.2) is 16.4 Å². The first-order chi connectivity index (χ1) is 14.4. The van der Waals surface area contributed by atoms with Crippen molar-refractivity contribution in [2.24, 2.45) is 0 Å². The summed E-state index contributed by atoms with van der Waals surface area (Å²) in [5.74, 6) is 0.271. The molecule has 0 radical (unpaired) electrons. The van der Waals surface area contributed by atoms with Crippen LogP contribution in [0.4, 0.5) is 11.4 Å². The fraction of sp³-hybridized carbons (Fsp3) is 0.381. The Kier molecular flexibility index (Phi) is 7.61. The summed E-state index contributed by atoms with van der Waals surface area (Å²) in [6.07, 6.45) is 0.982. The fourth-order valence-electron chi connectivity index (χ4n) is 2.69. The number of nitrogens with one attached hydrogen (secondary N) is 2. The number of carbonyl (C=O) groups excluding carboxylic acids is 1. The predicted octanol–water partition coefficient (Wildman–Crippen LogP) is 2.90. The van der Waals surface area contributed by atoms with Crippen LogP contribution in [0, 0.1) is 10.1 Å². The Bertz CT molecular complexity index is 1060. The van der Waals surface area contributed by atoms with Gasteiger partial charge in [-0.15, -0.1) is 0 Å². The molecule has 0 aromatic heterocycles. The Labute approximate surface area is 181 Å². The van der Waals surface area contributed by atoms with Gasteiger partial charge < -0.3 is 15.4 Å². The Morgan fingerprint density at radius 2 is 1.84 bits per heavy atom. The van der Waals surface area contributed by atoms with Gasteiger partial charge >= 0.3 is 0 Å². The number of hydrogen-bond acceptors (Lipinski definition) is 7. The molecule has 10 heteroatoms. The Balaban J connectivity index is 1.85. The van der Waals surface area contributed by atoms with Crippen LogP contribution in [0.1, 0.15) is 26.3 Å². The first-order valence-corrected chi connectivity index (χ1v) is 11.5. The van der Waals surface area contributed by atoms with Gasteiger partial charge in [0.05, 0.1) is 9.82 Å². The first kappa shape index (κ1) is 24.1. The zero-order valence-electron chi connectivity index (χ0n) is 18.0. The molecule has 2 rings (SSSR count). The van der Waals surface area contributed by atoms with Crippen molar-refractivity contribution in [2.45, 2.75) is 31.1 Å². The van der Waals surface area contributed by atoms with Gasteiger partial charge in [-0.05, 0) is 35.2 Å². The number of nitrogens with zero attached hydrogens (tertiary/aromatic N) is 1. The molecular weight excluding hydrogens is 422 g/mol. The summed E-state index contributed by atoms with van der Waals surface area (Å²) < 4.78 is 28.7. The predicted molar refractivity (Wildman–Crippen MR) is 118 cm³/mol. The monoisotopic (exact) mass is 449 g/mol. The molecule has 2 aromatic rings. The van der Waals surface area contributed by atoms with Crippen LogP contribution in [0.2, 0.25) is 0 Å². The minimum atomic E-state index is -3.56. The third-order valence-corrected chi connectivity index (χ3v) is 5.54. The van der Waals surface area contributed by atoms with Crippen molar-refractivity contribution < 1.29 is 22.9 Å². The summed E-state index contributed by atoms with van der Waals surface area (Å²) in [6.45, 7) is 6.52. The number of amides is 1. The lowest BCUT2D eigenvalue weighted by atomic mass is 9.87. The number of nitro benzene ring substituents is 1. The summed E-state index contributed by atoms with van der Waals surface area (Å²) in [5, 5.41) is 16.7. The number of hydrogen-bond donors (Lipinski definition) is 2. The molecule has 0 aliphatic heterocycles. The summed E-state index contributed by atoms with van der Waals surface area (Å²) in [6, 6.07) is 11.2. The van der Waals surface area contributed by atoms with Crippen molar-refractivity contribution in [1.29, 1.82) is 0 Å². The molecule has 2 aromatic carbocycles. The van der Waals surface area contributed by atoms with Crippen LogP contribution < -0.4 is 15.4 Å². The van der Waals surface area contributed by atoms with Gasteiger partial charge in [0, 0.05) is 25.4 Å². The lowest BCUT2D eigenvalue weighted by Gasteiger charge is -2.19. The largest absolute Gasteiger partial charge is 0.484 e. The van der Waals surface area contributed by atoms with E-state index < -0.39 is 14.8 Å². The highest BCUT2D eigenvalue weighted by atomic mass is 32.2. The maximum Gasteiger partial charge on any atom is 0.293 e. The topological polar surface area (TPSA) is 128 Å². The van der Waals surface area contributed by atoms with Crippen molar-refractivity contribution >= 4 is 27.1 Å². The summed E-state index contributed by atoms with van der Waals surface area (Å²) in [7, 11) is -3.56. The number of nitro groups is 1. The standard InChI is InChI=1S/C21H27N3O6S/c1-21(2,3)15-6-5-7-16(12-15)30-14-20(25)23-11-10-22-18-9-8-17(31(4,28)29)13-19(18)24(26)27/h5-9,12-13,22H,10-11,14H2,1-4H3,(H,23,25). The molecule has 0 spiro atoms. The zero-order valence-corrected chi connectivity index (χ0v) is 18.8. The van der Waals surface area contributed by atoms with E-state index in [9.17, 15) is 23.3 Å². The Morgan fingerprint density at radius 3 is 2.45 bits per heavy atom. The van der Waals surface area contributed by atoms with E-state index in [2.05, 4.69) is 31.4 Å². The molecule has 0 aliphatic rings. The molecule has 0 saturated carbocycles. The van der Waals surface area contributed by atoms with E-state index in [-0.39, 0.29) is 47.3 Å². The number of sulfone groups is 1. The fourth-order valence-corrected chi connectivity index (χ4v) is 3.33. The second kappa shape index (κ2) is 9.78. The smallest absolute Gasteiger partial charge is 0.293 e. The van der Waals surface area contributed by atoms with Gasteiger partial charge in [-0.2, -0.15) is 0 Å². The second-order valence-electron chi connectivity index (χ2n) is 8.05. The Morgan fingerprint density at radius 1 is 1.13 bits per heavy atom. The van der Waals surface area contributed by atoms with Gasteiger partial charge in [-0.25, -0.2) is 8.42 Å². The lowest BCUT2D eigenvalue weighted by Crippen LogP contribution is -2.32. The van der Waals surface area contributed by atoms with Crippen LogP contribution in [0.15, 0.2) is 47.4 Å². The van der Waals surface area contributed by atoms with Crippen molar-refractivity contribution in [2.75, 3.05) is 31.3 Å². The van der Waals surface area contributed by atoms with Crippen LogP contribution in [-0.4, -0.2) is 45.2 Å². The minimum absolute atomic E-state index is 0.0323. The van der Waals surface area contributed by atoms with E-state index >= 15 is 0 Å². The lowest BCUT2D eigenvalue weighted by molar-refractivity contribution is -0.384. The summed E-state index contributed by atoms with van der Waals surface area (Å²) >= 11 is 0. The van der Waals surface area contributed by atoms with Crippen LogP contribution in [0.25, 0.3) is 0 Å². The minimum Gasteiger partial charge on any atom is -0.484 e. The van der Waals surface area contributed by atoms with E-state index in [4.69, 9.17) is 4.74 Å². The first-order valence-electron chi connectivity index (χ1n) is 9.60. The molecule has 0 atom stereocenters. The highest BCUT2D eigenvalue weighted by Crippen LogP contribution is 2.27. The molecule has 9 nitrogen and oxygen atoms in total. The van der Waals surface area contributed by atoms with Crippen LogP contribution in [0.3, 0.4) is 0 Å². The van der Waals surface area contributed by atoms with E-state index in [1.807, 2.05) is 18.2 Å². The van der Waals surface area contributed by atoms with Crippen LogP contribution in [0.5, 0.6) is 5.75 Å². The SMILES string of the molecule is CC(C)(C)c1cccc(OCC(=O)NCCNc2ccc(S(C)(=O)=O)cc2[N+](=O)[O-])c1. The van der Waals surface area contributed by atoms with Gasteiger partial charge in [0.25, 0.3) is 11.6 Å². The number of benzene rings is 2. The zero-order chi connectivity index (χ0) is 23.2. The van der Waals surface area contributed by atoms with Crippen LogP contribution in [-0.2, 0) is 20.0 Å². The highest BCUT2D eigenvalue weighted by Gasteiger charge is 2.18. The number of carbonyl (C=O) groups is 1. The van der Waals surface area contributed by atoms with Gasteiger partial charge in [0.2, 0.25) is 0 Å². The maximum atomic E-state index is 12.0. The third-order valence-electron chi connectivity index (χ3n) is 4.43. The molecule has 0 bridgehead atoms. The van der Waals surface area contributed by atoms with E-state index in [0.717, 1.165) is 17.9 Å². The van der Waals surface area contributed by atoms with Gasteiger partial charge in [-0.1, -0.05) is 32.9 Å². The number of rotatable bonds is 9. The number of ether oxygens (including phenoxy) is 1. The molecule has 2 N–H and O–H groups in total. The van der Waals surface area contributed by atoms with Crippen molar-refractivity contribution in [3.63, 3.8) is 0 Å². The highest BCUT2D eigenvalue weighted by molar-refractivity contribution is 7.90. The summed E-state index contributed by atoms with van der Waals surface area (Å²) in [5.41, 5.74) is 0.881. The molecule has 0 saturated heterocycles. The average Bonchev–Trinajstić information content (AvgIpc) is 2.68. The second-order valence-corrected chi connectivity index (χ2v) is 10.1. The average molecular weight is 450 g/mol. The van der Waals surface area contributed by atoms with Gasteiger partial charge in [-0.3, -0.25) is 14.9 Å². The van der Waals surface area contributed by atoms with E-state index in [1.165, 1.54) is 12.1 Å². The molecule has 168 valence electrons. The molecule has 0 heterocycles.